The molecule has 0 atom stereocenters. The van der Waals surface area contributed by atoms with Crippen molar-refractivity contribution in [2.75, 3.05) is 13.1 Å². The molecule has 1 heterocycles. The van der Waals surface area contributed by atoms with Gasteiger partial charge in [0.15, 0.2) is 0 Å². The van der Waals surface area contributed by atoms with Gasteiger partial charge in [-0.2, -0.15) is 0 Å². The van der Waals surface area contributed by atoms with Crippen LogP contribution < -0.4 is 0 Å². The predicted molar refractivity (Wildman–Crippen MR) is 55.8 cm³/mol. The first-order chi connectivity index (χ1) is 6.27. The molecule has 0 radical (unpaired) electrons. The van der Waals surface area contributed by atoms with Gasteiger partial charge >= 0.3 is 0 Å². The molecular formula is C12H17N. The van der Waals surface area contributed by atoms with Crippen molar-refractivity contribution in [2.24, 2.45) is 0 Å². The molecular weight excluding hydrogens is 158 g/mol. The Morgan fingerprint density at radius 3 is 2.23 bits per heavy atom. The Morgan fingerprint density at radius 1 is 1.15 bits per heavy atom. The predicted octanol–water partition coefficient (Wildman–Crippen LogP) is 2.51. The smallest absolute Gasteiger partial charge is 0.0239 e. The van der Waals surface area contributed by atoms with E-state index < -0.39 is 0 Å². The summed E-state index contributed by atoms with van der Waals surface area (Å²) in [5, 5.41) is 0. The zero-order valence-corrected chi connectivity index (χ0v) is 8.51. The number of likely N-dealkylation sites (tertiary alicyclic amines) is 1. The summed E-state index contributed by atoms with van der Waals surface area (Å²) in [4.78, 5) is 2.51. The van der Waals surface area contributed by atoms with E-state index in [-0.39, 0.29) is 0 Å². The van der Waals surface area contributed by atoms with Crippen LogP contribution in [0.25, 0.3) is 0 Å². The van der Waals surface area contributed by atoms with E-state index >= 15 is 0 Å². The molecule has 70 valence electrons. The van der Waals surface area contributed by atoms with Gasteiger partial charge in [0.25, 0.3) is 0 Å². The molecule has 13 heavy (non-hydrogen) atoms. The van der Waals surface area contributed by atoms with Gasteiger partial charge in [-0.15, -0.1) is 0 Å². The maximum atomic E-state index is 2.51. The zero-order valence-electron chi connectivity index (χ0n) is 8.51. The van der Waals surface area contributed by atoms with Gasteiger partial charge in [-0.1, -0.05) is 18.2 Å². The van der Waals surface area contributed by atoms with E-state index in [4.69, 9.17) is 0 Å². The van der Waals surface area contributed by atoms with E-state index in [1.54, 1.807) is 0 Å². The van der Waals surface area contributed by atoms with Gasteiger partial charge < -0.3 is 0 Å². The third-order valence-corrected chi connectivity index (χ3v) is 2.97. The Bertz CT molecular complexity index is 280. The van der Waals surface area contributed by atoms with Crippen molar-refractivity contribution in [3.8, 4) is 0 Å². The molecule has 0 spiro atoms. The lowest BCUT2D eigenvalue weighted by atomic mass is 10.0. The van der Waals surface area contributed by atoms with Crippen molar-refractivity contribution in [1.82, 2.24) is 4.90 Å². The topological polar surface area (TPSA) is 3.24 Å². The first kappa shape index (κ1) is 8.76. The van der Waals surface area contributed by atoms with Crippen molar-refractivity contribution < 1.29 is 0 Å². The van der Waals surface area contributed by atoms with Crippen LogP contribution in [0, 0.1) is 13.8 Å². The first-order valence-electron chi connectivity index (χ1n) is 5.05. The summed E-state index contributed by atoms with van der Waals surface area (Å²) in [6.45, 7) is 8.14. The third-order valence-electron chi connectivity index (χ3n) is 2.97. The van der Waals surface area contributed by atoms with Gasteiger partial charge in [0.2, 0.25) is 0 Å². The van der Waals surface area contributed by atoms with Crippen LogP contribution in [0.1, 0.15) is 23.1 Å². The molecule has 0 bridgehead atoms. The molecule has 0 aromatic heterocycles. The van der Waals surface area contributed by atoms with Crippen molar-refractivity contribution in [3.05, 3.63) is 34.9 Å². The molecule has 1 aromatic rings. The van der Waals surface area contributed by atoms with Gasteiger partial charge in [-0.3, -0.25) is 4.90 Å². The van der Waals surface area contributed by atoms with Gasteiger partial charge in [0.05, 0.1) is 0 Å². The summed E-state index contributed by atoms with van der Waals surface area (Å²) < 4.78 is 0. The minimum Gasteiger partial charge on any atom is -0.299 e. The van der Waals surface area contributed by atoms with Crippen molar-refractivity contribution >= 4 is 0 Å². The maximum Gasteiger partial charge on any atom is 0.0239 e. The normalized spacial score (nSPS) is 17.1. The Kier molecular flexibility index (Phi) is 2.36. The average molecular weight is 175 g/mol. The highest BCUT2D eigenvalue weighted by atomic mass is 15.2. The average Bonchev–Trinajstić information content (AvgIpc) is 2.00. The van der Waals surface area contributed by atoms with Gasteiger partial charge in [-0.25, -0.2) is 0 Å². The van der Waals surface area contributed by atoms with Crippen molar-refractivity contribution in [1.29, 1.82) is 0 Å². The summed E-state index contributed by atoms with van der Waals surface area (Å²) in [6.07, 6.45) is 1.38. The van der Waals surface area contributed by atoms with E-state index in [1.165, 1.54) is 36.2 Å². The molecule has 1 aliphatic rings. The molecule has 0 saturated carbocycles. The summed E-state index contributed by atoms with van der Waals surface area (Å²) >= 11 is 0. The quantitative estimate of drug-likeness (QED) is 0.667. The Labute approximate surface area is 80.4 Å². The zero-order chi connectivity index (χ0) is 9.26. The van der Waals surface area contributed by atoms with Gasteiger partial charge in [-0.05, 0) is 50.0 Å². The number of benzene rings is 1. The van der Waals surface area contributed by atoms with E-state index in [0.29, 0.717) is 0 Å². The van der Waals surface area contributed by atoms with Crippen LogP contribution in [0.3, 0.4) is 0 Å². The number of hydrogen-bond donors (Lipinski definition) is 0. The second-order valence-electron chi connectivity index (χ2n) is 4.00. The second-order valence-corrected chi connectivity index (χ2v) is 4.00. The molecule has 1 aliphatic heterocycles. The largest absolute Gasteiger partial charge is 0.299 e. The highest BCUT2D eigenvalue weighted by Gasteiger charge is 2.15. The standard InChI is InChI=1S/C12H17N/c1-10-5-3-6-11(2)12(10)9-13-7-4-8-13/h3,5-6H,4,7-9H2,1-2H3. The lowest BCUT2D eigenvalue weighted by Gasteiger charge is -2.31. The number of nitrogens with zero attached hydrogens (tertiary/aromatic N) is 1. The van der Waals surface area contributed by atoms with Crippen LogP contribution in [-0.4, -0.2) is 18.0 Å². The fourth-order valence-corrected chi connectivity index (χ4v) is 1.86. The Hall–Kier alpha value is -0.820. The molecule has 0 unspecified atom stereocenters. The van der Waals surface area contributed by atoms with Gasteiger partial charge in [0, 0.05) is 6.54 Å². The summed E-state index contributed by atoms with van der Waals surface area (Å²) in [7, 11) is 0. The molecule has 1 nitrogen and oxygen atoms in total. The maximum absolute atomic E-state index is 2.51. The van der Waals surface area contributed by atoms with Crippen LogP contribution in [0.5, 0.6) is 0 Å². The first-order valence-corrected chi connectivity index (χ1v) is 5.05. The van der Waals surface area contributed by atoms with Crippen LogP contribution in [-0.2, 0) is 6.54 Å². The highest BCUT2D eigenvalue weighted by molar-refractivity contribution is 5.33. The molecule has 1 heteroatoms. The lowest BCUT2D eigenvalue weighted by molar-refractivity contribution is 0.172. The second kappa shape index (κ2) is 3.51. The van der Waals surface area contributed by atoms with E-state index in [0.717, 1.165) is 6.54 Å². The molecule has 1 aromatic carbocycles. The van der Waals surface area contributed by atoms with Crippen LogP contribution in [0.15, 0.2) is 18.2 Å². The van der Waals surface area contributed by atoms with Gasteiger partial charge in [0.1, 0.15) is 0 Å². The Morgan fingerprint density at radius 2 is 1.77 bits per heavy atom. The molecule has 2 rings (SSSR count). The van der Waals surface area contributed by atoms with E-state index in [9.17, 15) is 0 Å². The molecule has 0 amide bonds. The highest BCUT2D eigenvalue weighted by Crippen LogP contribution is 2.18. The fourth-order valence-electron chi connectivity index (χ4n) is 1.86. The number of aryl methyl sites for hydroxylation is 2. The number of rotatable bonds is 2. The SMILES string of the molecule is Cc1cccc(C)c1CN1CCC1. The monoisotopic (exact) mass is 175 g/mol. The van der Waals surface area contributed by atoms with E-state index in [2.05, 4.69) is 36.9 Å². The van der Waals surface area contributed by atoms with Crippen molar-refractivity contribution in [3.63, 3.8) is 0 Å². The molecule has 0 N–H and O–H groups in total. The minimum absolute atomic E-state index is 1.15. The van der Waals surface area contributed by atoms with Crippen LogP contribution >= 0.6 is 0 Å². The van der Waals surface area contributed by atoms with Crippen molar-refractivity contribution in [2.45, 2.75) is 26.8 Å². The summed E-state index contributed by atoms with van der Waals surface area (Å²) in [5.41, 5.74) is 4.40. The number of hydrogen-bond acceptors (Lipinski definition) is 1. The molecule has 1 fully saturated rings. The summed E-state index contributed by atoms with van der Waals surface area (Å²) in [6, 6.07) is 6.56. The Balaban J connectivity index is 2.17. The van der Waals surface area contributed by atoms with Crippen LogP contribution in [0.2, 0.25) is 0 Å². The van der Waals surface area contributed by atoms with Crippen LogP contribution in [0.4, 0.5) is 0 Å². The minimum atomic E-state index is 1.15. The lowest BCUT2D eigenvalue weighted by Crippen LogP contribution is -2.36. The fraction of sp³-hybridized carbons (Fsp3) is 0.500. The van der Waals surface area contributed by atoms with E-state index in [1.807, 2.05) is 0 Å². The molecule has 1 saturated heterocycles. The summed E-state index contributed by atoms with van der Waals surface area (Å²) in [5.74, 6) is 0. The third kappa shape index (κ3) is 1.75. The molecule has 0 aliphatic carbocycles.